The topological polar surface area (TPSA) is 50.7 Å². The van der Waals surface area contributed by atoms with Crippen molar-refractivity contribution in [3.63, 3.8) is 0 Å². The Morgan fingerprint density at radius 3 is 2.44 bits per heavy atom. The van der Waals surface area contributed by atoms with Crippen LogP contribution in [0.1, 0.15) is 11.3 Å². The molecule has 0 spiro atoms. The van der Waals surface area contributed by atoms with Gasteiger partial charge in [0.25, 0.3) is 0 Å². The van der Waals surface area contributed by atoms with Gasteiger partial charge < -0.3 is 5.32 Å². The highest BCUT2D eigenvalue weighted by molar-refractivity contribution is 6.30. The molecule has 2 aromatic heterocycles. The first-order chi connectivity index (χ1) is 12.3. The molecular formula is C20H15ClN4. The molecule has 0 bridgehead atoms. The molecule has 0 aliphatic carbocycles. The van der Waals surface area contributed by atoms with E-state index in [0.717, 1.165) is 33.5 Å². The summed E-state index contributed by atoms with van der Waals surface area (Å²) in [6.07, 6.45) is 4.30. The molecule has 4 rings (SSSR count). The molecule has 5 heteroatoms. The lowest BCUT2D eigenvalue weighted by Crippen LogP contribution is -2.02. The molecule has 0 radical (unpaired) electrons. The van der Waals surface area contributed by atoms with Crippen LogP contribution in [0.15, 0.2) is 73.1 Å². The average molecular weight is 347 g/mol. The number of nitrogens with zero attached hydrogens (tertiary/aromatic N) is 3. The Kier molecular flexibility index (Phi) is 4.27. The van der Waals surface area contributed by atoms with Gasteiger partial charge >= 0.3 is 0 Å². The first-order valence-electron chi connectivity index (χ1n) is 7.95. The summed E-state index contributed by atoms with van der Waals surface area (Å²) < 4.78 is 0. The number of hydrogen-bond donors (Lipinski definition) is 1. The number of benzene rings is 2. The van der Waals surface area contributed by atoms with Crippen molar-refractivity contribution < 1.29 is 0 Å². The molecule has 4 aromatic rings. The van der Waals surface area contributed by atoms with Crippen LogP contribution >= 0.6 is 11.6 Å². The fourth-order valence-corrected chi connectivity index (χ4v) is 2.97. The summed E-state index contributed by atoms with van der Waals surface area (Å²) in [6.45, 7) is 0. The van der Waals surface area contributed by atoms with Gasteiger partial charge in [0, 0.05) is 40.3 Å². The lowest BCUT2D eigenvalue weighted by molar-refractivity contribution is 0.960. The second-order valence-electron chi connectivity index (χ2n) is 5.71. The fourth-order valence-electron chi connectivity index (χ4n) is 2.78. The highest BCUT2D eigenvalue weighted by Gasteiger charge is 2.10. The third kappa shape index (κ3) is 3.44. The molecule has 0 aliphatic rings. The Hall–Kier alpha value is -2.98. The maximum Gasteiger partial charge on any atom is 0.160 e. The zero-order valence-corrected chi connectivity index (χ0v) is 14.1. The van der Waals surface area contributed by atoms with Gasteiger partial charge in [-0.2, -0.15) is 5.10 Å². The van der Waals surface area contributed by atoms with Crippen LogP contribution in [0.5, 0.6) is 0 Å². The van der Waals surface area contributed by atoms with Crippen LogP contribution < -0.4 is 5.32 Å². The summed E-state index contributed by atoms with van der Waals surface area (Å²) in [4.78, 5) is 4.06. The largest absolute Gasteiger partial charge is 0.338 e. The standard InChI is InChI=1S/C20H15ClN4/c21-15-4-3-5-16(13-15)23-20-18-7-2-1-6-17(18)19(24-25-20)12-14-8-10-22-11-9-14/h1-11,13H,12H2,(H,23,25). The molecule has 0 aliphatic heterocycles. The highest BCUT2D eigenvalue weighted by atomic mass is 35.5. The van der Waals surface area contributed by atoms with Crippen molar-refractivity contribution in [2.45, 2.75) is 6.42 Å². The number of pyridine rings is 1. The summed E-state index contributed by atoms with van der Waals surface area (Å²) in [5.74, 6) is 0.719. The average Bonchev–Trinajstić information content (AvgIpc) is 2.65. The monoisotopic (exact) mass is 346 g/mol. The molecule has 122 valence electrons. The summed E-state index contributed by atoms with van der Waals surface area (Å²) in [7, 11) is 0. The van der Waals surface area contributed by atoms with E-state index in [4.69, 9.17) is 11.6 Å². The third-order valence-electron chi connectivity index (χ3n) is 3.97. The number of aromatic nitrogens is 3. The molecule has 25 heavy (non-hydrogen) atoms. The smallest absolute Gasteiger partial charge is 0.160 e. The minimum absolute atomic E-state index is 0.677. The van der Waals surface area contributed by atoms with Crippen LogP contribution in [0.25, 0.3) is 10.8 Å². The summed E-state index contributed by atoms with van der Waals surface area (Å²) in [5, 5.41) is 15.0. The molecule has 4 nitrogen and oxygen atoms in total. The van der Waals surface area contributed by atoms with E-state index in [2.05, 4.69) is 26.6 Å². The van der Waals surface area contributed by atoms with Crippen LogP contribution in [0.3, 0.4) is 0 Å². The molecule has 0 unspecified atom stereocenters. The lowest BCUT2D eigenvalue weighted by Gasteiger charge is -2.11. The van der Waals surface area contributed by atoms with Crippen molar-refractivity contribution in [3.8, 4) is 0 Å². The van der Waals surface area contributed by atoms with E-state index in [1.165, 1.54) is 0 Å². The molecule has 0 atom stereocenters. The second-order valence-corrected chi connectivity index (χ2v) is 6.14. The first-order valence-corrected chi connectivity index (χ1v) is 8.33. The Morgan fingerprint density at radius 2 is 1.64 bits per heavy atom. The second kappa shape index (κ2) is 6.87. The number of rotatable bonds is 4. The molecule has 2 heterocycles. The maximum atomic E-state index is 6.06. The predicted molar refractivity (Wildman–Crippen MR) is 101 cm³/mol. The number of hydrogen-bond acceptors (Lipinski definition) is 4. The zero-order valence-electron chi connectivity index (χ0n) is 13.4. The van der Waals surface area contributed by atoms with Crippen molar-refractivity contribution >= 4 is 33.9 Å². The van der Waals surface area contributed by atoms with E-state index in [1.54, 1.807) is 12.4 Å². The summed E-state index contributed by atoms with van der Waals surface area (Å²) >= 11 is 6.06. The van der Waals surface area contributed by atoms with E-state index in [9.17, 15) is 0 Å². The van der Waals surface area contributed by atoms with E-state index in [-0.39, 0.29) is 0 Å². The van der Waals surface area contributed by atoms with Crippen molar-refractivity contribution in [2.24, 2.45) is 0 Å². The van der Waals surface area contributed by atoms with Gasteiger partial charge in [0.2, 0.25) is 0 Å². The van der Waals surface area contributed by atoms with Crippen molar-refractivity contribution in [3.05, 3.63) is 89.3 Å². The van der Waals surface area contributed by atoms with Gasteiger partial charge in [-0.05, 0) is 35.9 Å². The number of anilines is 2. The SMILES string of the molecule is Clc1cccc(Nc2nnc(Cc3ccncc3)c3ccccc23)c1. The quantitative estimate of drug-likeness (QED) is 0.564. The normalized spacial score (nSPS) is 10.8. The molecule has 0 saturated carbocycles. The Balaban J connectivity index is 1.74. The number of nitrogens with one attached hydrogen (secondary N) is 1. The van der Waals surface area contributed by atoms with E-state index in [1.807, 2.05) is 54.6 Å². The van der Waals surface area contributed by atoms with Gasteiger partial charge in [-0.1, -0.05) is 41.9 Å². The fraction of sp³-hybridized carbons (Fsp3) is 0.0500. The van der Waals surface area contributed by atoms with Crippen LogP contribution in [-0.4, -0.2) is 15.2 Å². The third-order valence-corrected chi connectivity index (χ3v) is 4.21. The van der Waals surface area contributed by atoms with Gasteiger partial charge in [0.15, 0.2) is 5.82 Å². The Labute approximate surface area is 150 Å². The first kappa shape index (κ1) is 15.5. The molecule has 1 N–H and O–H groups in total. The minimum Gasteiger partial charge on any atom is -0.338 e. The summed E-state index contributed by atoms with van der Waals surface area (Å²) in [6, 6.07) is 19.7. The number of fused-ring (bicyclic) bond motifs is 1. The number of halogens is 1. The molecule has 2 aromatic carbocycles. The van der Waals surface area contributed by atoms with Gasteiger partial charge in [-0.25, -0.2) is 0 Å². The van der Waals surface area contributed by atoms with Crippen molar-refractivity contribution in [1.29, 1.82) is 0 Å². The van der Waals surface area contributed by atoms with Crippen LogP contribution in [0.4, 0.5) is 11.5 Å². The van der Waals surface area contributed by atoms with Gasteiger partial charge in [-0.3, -0.25) is 4.98 Å². The van der Waals surface area contributed by atoms with Gasteiger partial charge in [0.1, 0.15) is 0 Å². The Morgan fingerprint density at radius 1 is 0.840 bits per heavy atom. The van der Waals surface area contributed by atoms with E-state index < -0.39 is 0 Å². The van der Waals surface area contributed by atoms with Gasteiger partial charge in [-0.15, -0.1) is 5.10 Å². The highest BCUT2D eigenvalue weighted by Crippen LogP contribution is 2.27. The molecular weight excluding hydrogens is 332 g/mol. The van der Waals surface area contributed by atoms with Crippen molar-refractivity contribution in [1.82, 2.24) is 15.2 Å². The van der Waals surface area contributed by atoms with E-state index >= 15 is 0 Å². The zero-order chi connectivity index (χ0) is 17.1. The summed E-state index contributed by atoms with van der Waals surface area (Å²) in [5.41, 5.74) is 2.98. The maximum absolute atomic E-state index is 6.06. The van der Waals surface area contributed by atoms with E-state index in [0.29, 0.717) is 11.4 Å². The van der Waals surface area contributed by atoms with Crippen molar-refractivity contribution in [2.75, 3.05) is 5.32 Å². The van der Waals surface area contributed by atoms with Crippen LogP contribution in [0, 0.1) is 0 Å². The molecule has 0 fully saturated rings. The van der Waals surface area contributed by atoms with Gasteiger partial charge in [0.05, 0.1) is 5.69 Å². The minimum atomic E-state index is 0.677. The molecule has 0 amide bonds. The Bertz CT molecular complexity index is 1020. The van der Waals surface area contributed by atoms with Crippen LogP contribution in [0.2, 0.25) is 5.02 Å². The molecule has 0 saturated heterocycles. The lowest BCUT2D eigenvalue weighted by atomic mass is 10.0. The van der Waals surface area contributed by atoms with Crippen LogP contribution in [-0.2, 0) is 6.42 Å². The predicted octanol–water partition coefficient (Wildman–Crippen LogP) is 5.01.